The van der Waals surface area contributed by atoms with Crippen molar-refractivity contribution in [3.63, 3.8) is 0 Å². The molecule has 1 saturated carbocycles. The highest BCUT2D eigenvalue weighted by Gasteiger charge is 2.30. The van der Waals surface area contributed by atoms with E-state index in [1.165, 1.54) is 37.7 Å². The molecule has 1 aromatic rings. The van der Waals surface area contributed by atoms with Gasteiger partial charge in [0.15, 0.2) is 0 Å². The minimum atomic E-state index is 0.264. The van der Waals surface area contributed by atoms with Crippen LogP contribution in [0.1, 0.15) is 45.4 Å². The van der Waals surface area contributed by atoms with Crippen molar-refractivity contribution in [2.45, 2.75) is 45.4 Å². The lowest BCUT2D eigenvalue weighted by Gasteiger charge is -2.34. The molecule has 0 amide bonds. The van der Waals surface area contributed by atoms with Gasteiger partial charge < -0.3 is 0 Å². The van der Waals surface area contributed by atoms with Crippen LogP contribution in [-0.4, -0.2) is 6.21 Å². The Morgan fingerprint density at radius 3 is 2.50 bits per heavy atom. The van der Waals surface area contributed by atoms with Gasteiger partial charge in [0.1, 0.15) is 0 Å². The lowest BCUT2D eigenvalue weighted by atomic mass is 9.71. The molecule has 1 aliphatic rings. The average molecular weight is 241 g/mol. The highest BCUT2D eigenvalue weighted by atomic mass is 14.7. The van der Waals surface area contributed by atoms with Crippen molar-refractivity contribution < 1.29 is 0 Å². The highest BCUT2D eigenvalue weighted by molar-refractivity contribution is 5.70. The van der Waals surface area contributed by atoms with Gasteiger partial charge in [-0.2, -0.15) is 0 Å². The van der Waals surface area contributed by atoms with Crippen molar-refractivity contribution >= 4 is 11.9 Å². The summed E-state index contributed by atoms with van der Waals surface area (Å²) in [6.45, 7) is 6.22. The fourth-order valence-electron chi connectivity index (χ4n) is 2.93. The van der Waals surface area contributed by atoms with E-state index in [9.17, 15) is 0 Å². The van der Waals surface area contributed by atoms with Gasteiger partial charge in [-0.3, -0.25) is 4.99 Å². The van der Waals surface area contributed by atoms with Crippen molar-refractivity contribution in [1.82, 2.24) is 0 Å². The third-order valence-corrected chi connectivity index (χ3v) is 3.75. The summed E-state index contributed by atoms with van der Waals surface area (Å²) in [5, 5.41) is 0. The summed E-state index contributed by atoms with van der Waals surface area (Å²) in [5.74, 6) is 0. The second kappa shape index (κ2) is 5.99. The van der Waals surface area contributed by atoms with Crippen molar-refractivity contribution in [1.29, 1.82) is 0 Å². The van der Waals surface area contributed by atoms with Crippen molar-refractivity contribution in [2.24, 2.45) is 10.4 Å². The third kappa shape index (κ3) is 3.56. The van der Waals surface area contributed by atoms with Crippen LogP contribution in [0.4, 0.5) is 5.69 Å². The molecule has 0 saturated heterocycles. The van der Waals surface area contributed by atoms with Crippen molar-refractivity contribution in [3.05, 3.63) is 42.5 Å². The lowest BCUT2D eigenvalue weighted by molar-refractivity contribution is 0.289. The van der Waals surface area contributed by atoms with E-state index in [1.54, 1.807) is 0 Å². The van der Waals surface area contributed by atoms with E-state index in [0.717, 1.165) is 12.1 Å². The van der Waals surface area contributed by atoms with Crippen LogP contribution in [0.5, 0.6) is 0 Å². The van der Waals surface area contributed by atoms with Crippen molar-refractivity contribution in [3.8, 4) is 0 Å². The normalized spacial score (nSPS) is 18.9. The third-order valence-electron chi connectivity index (χ3n) is 3.75. The Morgan fingerprint density at radius 1 is 1.22 bits per heavy atom. The maximum atomic E-state index is 4.69. The van der Waals surface area contributed by atoms with E-state index >= 15 is 0 Å². The predicted octanol–water partition coefficient (Wildman–Crippen LogP) is 5.31. The zero-order chi connectivity index (χ0) is 12.8. The molecule has 2 rings (SSSR count). The summed E-state index contributed by atoms with van der Waals surface area (Å²) in [4.78, 5) is 4.69. The molecule has 96 valence electrons. The van der Waals surface area contributed by atoms with Gasteiger partial charge in [-0.15, -0.1) is 6.58 Å². The number of para-hydroxylation sites is 1. The minimum absolute atomic E-state index is 0.264. The molecule has 0 radical (unpaired) electrons. The monoisotopic (exact) mass is 241 g/mol. The quantitative estimate of drug-likeness (QED) is 0.500. The Hall–Kier alpha value is -1.37. The van der Waals surface area contributed by atoms with Gasteiger partial charge in [0.2, 0.25) is 0 Å². The molecule has 1 fully saturated rings. The number of allylic oxidation sites excluding steroid dienone is 1. The highest BCUT2D eigenvalue weighted by Crippen LogP contribution is 2.40. The van der Waals surface area contributed by atoms with Gasteiger partial charge in [0.25, 0.3) is 0 Å². The average Bonchev–Trinajstić information content (AvgIpc) is 2.38. The Bertz CT molecular complexity index is 410. The summed E-state index contributed by atoms with van der Waals surface area (Å²) in [5.41, 5.74) is 2.60. The number of aliphatic imine (C=N–C) groups is 1. The van der Waals surface area contributed by atoms with Gasteiger partial charge in [-0.05, 0) is 38.3 Å². The van der Waals surface area contributed by atoms with E-state index in [4.69, 9.17) is 0 Å². The molecule has 1 nitrogen and oxygen atoms in total. The smallest absolute Gasteiger partial charge is 0.0625 e. The van der Waals surface area contributed by atoms with Crippen LogP contribution in [-0.2, 0) is 0 Å². The Morgan fingerprint density at radius 2 is 1.89 bits per heavy atom. The van der Waals surface area contributed by atoms with Gasteiger partial charge in [0, 0.05) is 11.6 Å². The first-order valence-electron chi connectivity index (χ1n) is 6.95. The van der Waals surface area contributed by atoms with Crippen LogP contribution in [0, 0.1) is 5.41 Å². The minimum Gasteiger partial charge on any atom is -0.261 e. The first kappa shape index (κ1) is 13.1. The molecule has 0 heterocycles. The molecule has 0 bridgehead atoms. The molecule has 1 aromatic carbocycles. The molecule has 0 unspecified atom stereocenters. The fraction of sp³-hybridized carbons (Fsp3) is 0.471. The number of hydrogen-bond donors (Lipinski definition) is 0. The summed E-state index contributed by atoms with van der Waals surface area (Å²) in [7, 11) is 0. The molecular formula is C17H23N. The molecule has 18 heavy (non-hydrogen) atoms. The standard InChI is InChI=1S/C17H23N/c1-15(2)13-17(11-7-4-8-12-17)14-18-16-9-5-3-6-10-16/h3,5-6,9-10,14H,1,4,7-8,11-13H2,2H3/b18-14+. The molecule has 0 N–H and O–H groups in total. The lowest BCUT2D eigenvalue weighted by Crippen LogP contribution is -2.26. The van der Waals surface area contributed by atoms with Gasteiger partial charge in [-0.1, -0.05) is 43.0 Å². The largest absolute Gasteiger partial charge is 0.261 e. The summed E-state index contributed by atoms with van der Waals surface area (Å²) >= 11 is 0. The SMILES string of the molecule is C=C(C)CC1(/C=N/c2ccccc2)CCCCC1. The number of nitrogens with zero attached hydrogens (tertiary/aromatic N) is 1. The van der Waals surface area contributed by atoms with Crippen molar-refractivity contribution in [2.75, 3.05) is 0 Å². The molecule has 0 atom stereocenters. The molecule has 0 spiro atoms. The number of hydrogen-bond acceptors (Lipinski definition) is 1. The zero-order valence-corrected chi connectivity index (χ0v) is 11.4. The Labute approximate surface area is 111 Å². The fourth-order valence-corrected chi connectivity index (χ4v) is 2.93. The second-order valence-electron chi connectivity index (χ2n) is 5.65. The number of rotatable bonds is 4. The molecule has 0 aliphatic heterocycles. The van der Waals surface area contributed by atoms with Crippen LogP contribution in [0.15, 0.2) is 47.5 Å². The molecule has 0 aromatic heterocycles. The van der Waals surface area contributed by atoms with Gasteiger partial charge in [0.05, 0.1) is 5.69 Å². The van der Waals surface area contributed by atoms with Gasteiger partial charge >= 0.3 is 0 Å². The van der Waals surface area contributed by atoms with E-state index in [1.807, 2.05) is 18.2 Å². The first-order valence-corrected chi connectivity index (χ1v) is 6.95. The summed E-state index contributed by atoms with van der Waals surface area (Å²) in [6, 6.07) is 10.2. The van der Waals surface area contributed by atoms with E-state index in [-0.39, 0.29) is 5.41 Å². The number of benzene rings is 1. The maximum Gasteiger partial charge on any atom is 0.0625 e. The van der Waals surface area contributed by atoms with Crippen LogP contribution < -0.4 is 0 Å². The van der Waals surface area contributed by atoms with E-state index in [0.29, 0.717) is 0 Å². The van der Waals surface area contributed by atoms with Crippen LogP contribution >= 0.6 is 0 Å². The van der Waals surface area contributed by atoms with E-state index < -0.39 is 0 Å². The van der Waals surface area contributed by atoms with E-state index in [2.05, 4.69) is 36.8 Å². The van der Waals surface area contributed by atoms with Crippen LogP contribution in [0.2, 0.25) is 0 Å². The molecule has 1 aliphatic carbocycles. The van der Waals surface area contributed by atoms with Gasteiger partial charge in [-0.25, -0.2) is 0 Å². The van der Waals surface area contributed by atoms with Crippen LogP contribution in [0.3, 0.4) is 0 Å². The second-order valence-corrected chi connectivity index (χ2v) is 5.65. The predicted molar refractivity (Wildman–Crippen MR) is 79.5 cm³/mol. The molecule has 1 heteroatoms. The Kier molecular flexibility index (Phi) is 4.35. The summed E-state index contributed by atoms with van der Waals surface area (Å²) in [6.07, 6.45) is 9.84. The topological polar surface area (TPSA) is 12.4 Å². The molecular weight excluding hydrogens is 218 g/mol. The first-order chi connectivity index (χ1) is 8.70. The maximum absolute atomic E-state index is 4.69. The Balaban J connectivity index is 2.14. The zero-order valence-electron chi connectivity index (χ0n) is 11.4. The summed E-state index contributed by atoms with van der Waals surface area (Å²) < 4.78 is 0. The van der Waals surface area contributed by atoms with Crippen LogP contribution in [0.25, 0.3) is 0 Å².